The van der Waals surface area contributed by atoms with Gasteiger partial charge < -0.3 is 10.1 Å². The van der Waals surface area contributed by atoms with Gasteiger partial charge in [-0.15, -0.1) is 0 Å². The molecule has 0 fully saturated rings. The van der Waals surface area contributed by atoms with Gasteiger partial charge in [0.2, 0.25) is 5.91 Å². The number of rotatable bonds is 7. The summed E-state index contributed by atoms with van der Waals surface area (Å²) in [6.45, 7) is 7.22. The van der Waals surface area contributed by atoms with Crippen molar-refractivity contribution < 1.29 is 9.53 Å². The Hall–Kier alpha value is -1.51. The van der Waals surface area contributed by atoms with E-state index in [4.69, 9.17) is 4.74 Å². The highest BCUT2D eigenvalue weighted by Gasteiger charge is 2.03. The lowest BCUT2D eigenvalue weighted by Crippen LogP contribution is -2.27. The molecule has 1 amide bonds. The van der Waals surface area contributed by atoms with E-state index in [0.717, 1.165) is 29.7 Å². The average Bonchev–Trinajstić information content (AvgIpc) is 2.35. The van der Waals surface area contributed by atoms with Crippen LogP contribution in [0.1, 0.15) is 37.3 Å². The molecule has 0 saturated heterocycles. The molecule has 0 atom stereocenters. The van der Waals surface area contributed by atoms with Gasteiger partial charge in [0, 0.05) is 6.42 Å². The molecule has 1 aromatic carbocycles. The lowest BCUT2D eigenvalue weighted by atomic mass is 10.1. The first-order chi connectivity index (χ1) is 8.65. The highest BCUT2D eigenvalue weighted by atomic mass is 16.5. The molecule has 1 N–H and O–H groups in total. The van der Waals surface area contributed by atoms with Crippen LogP contribution in [0, 0.1) is 13.8 Å². The number of para-hydroxylation sites is 1. The van der Waals surface area contributed by atoms with E-state index in [2.05, 4.69) is 12.2 Å². The quantitative estimate of drug-likeness (QED) is 0.754. The first-order valence-electron chi connectivity index (χ1n) is 6.61. The second-order valence-corrected chi connectivity index (χ2v) is 4.52. The van der Waals surface area contributed by atoms with Crippen molar-refractivity contribution >= 4 is 5.91 Å². The van der Waals surface area contributed by atoms with E-state index in [1.165, 1.54) is 0 Å². The summed E-state index contributed by atoms with van der Waals surface area (Å²) in [5.74, 6) is 1.04. The van der Waals surface area contributed by atoms with Crippen molar-refractivity contribution in [1.29, 1.82) is 0 Å². The molecule has 0 aliphatic heterocycles. The van der Waals surface area contributed by atoms with E-state index < -0.39 is 0 Å². The van der Waals surface area contributed by atoms with Gasteiger partial charge in [-0.2, -0.15) is 0 Å². The van der Waals surface area contributed by atoms with Crippen molar-refractivity contribution in [2.24, 2.45) is 0 Å². The Bertz CT molecular complexity index is 368. The smallest absolute Gasteiger partial charge is 0.220 e. The van der Waals surface area contributed by atoms with E-state index in [0.29, 0.717) is 19.6 Å². The number of hydrogen-bond donors (Lipinski definition) is 1. The third-order valence-corrected chi connectivity index (χ3v) is 2.84. The van der Waals surface area contributed by atoms with Gasteiger partial charge >= 0.3 is 0 Å². The molecule has 0 aliphatic carbocycles. The van der Waals surface area contributed by atoms with Crippen LogP contribution in [0.5, 0.6) is 5.75 Å². The van der Waals surface area contributed by atoms with Crippen LogP contribution in [0.4, 0.5) is 0 Å². The first-order valence-corrected chi connectivity index (χ1v) is 6.61. The average molecular weight is 249 g/mol. The Morgan fingerprint density at radius 1 is 1.28 bits per heavy atom. The number of unbranched alkanes of at least 4 members (excludes halogenated alkanes) is 1. The fraction of sp³-hybridized carbons (Fsp3) is 0.533. The third kappa shape index (κ3) is 4.78. The Morgan fingerprint density at radius 3 is 2.56 bits per heavy atom. The predicted octanol–water partition coefficient (Wildman–Crippen LogP) is 2.99. The number of carbonyl (C=O) groups excluding carboxylic acids is 1. The molecule has 1 aromatic rings. The second-order valence-electron chi connectivity index (χ2n) is 4.52. The zero-order chi connectivity index (χ0) is 13.4. The molecular weight excluding hydrogens is 226 g/mol. The first kappa shape index (κ1) is 14.6. The van der Waals surface area contributed by atoms with Gasteiger partial charge in [0.1, 0.15) is 12.4 Å². The monoisotopic (exact) mass is 249 g/mol. The van der Waals surface area contributed by atoms with E-state index in [-0.39, 0.29) is 5.91 Å². The molecule has 3 heteroatoms. The number of aryl methyl sites for hydroxylation is 2. The minimum atomic E-state index is 0.113. The molecule has 0 saturated carbocycles. The normalized spacial score (nSPS) is 10.2. The maximum Gasteiger partial charge on any atom is 0.220 e. The zero-order valence-corrected chi connectivity index (χ0v) is 11.6. The van der Waals surface area contributed by atoms with Crippen LogP contribution in [0.3, 0.4) is 0 Å². The van der Waals surface area contributed by atoms with Gasteiger partial charge in [-0.3, -0.25) is 4.79 Å². The Morgan fingerprint density at radius 2 is 1.94 bits per heavy atom. The fourth-order valence-electron chi connectivity index (χ4n) is 1.80. The SMILES string of the molecule is CCCCC(=O)NCCOc1c(C)cccc1C. The topological polar surface area (TPSA) is 38.3 Å². The highest BCUT2D eigenvalue weighted by molar-refractivity contribution is 5.75. The van der Waals surface area contributed by atoms with Gasteiger partial charge in [-0.1, -0.05) is 31.5 Å². The number of ether oxygens (including phenoxy) is 1. The van der Waals surface area contributed by atoms with Crippen LogP contribution in [-0.4, -0.2) is 19.1 Å². The number of carbonyl (C=O) groups is 1. The highest BCUT2D eigenvalue weighted by Crippen LogP contribution is 2.21. The number of hydrogen-bond acceptors (Lipinski definition) is 2. The third-order valence-electron chi connectivity index (χ3n) is 2.84. The summed E-state index contributed by atoms with van der Waals surface area (Å²) in [6, 6.07) is 6.08. The fourth-order valence-corrected chi connectivity index (χ4v) is 1.80. The van der Waals surface area contributed by atoms with Crippen LogP contribution in [0.2, 0.25) is 0 Å². The number of amides is 1. The molecule has 1 rings (SSSR count). The van der Waals surface area contributed by atoms with E-state index in [1.807, 2.05) is 32.0 Å². The van der Waals surface area contributed by atoms with Gasteiger partial charge in [-0.25, -0.2) is 0 Å². The minimum Gasteiger partial charge on any atom is -0.491 e. The van der Waals surface area contributed by atoms with Crippen LogP contribution in [0.25, 0.3) is 0 Å². The zero-order valence-electron chi connectivity index (χ0n) is 11.6. The predicted molar refractivity (Wildman–Crippen MR) is 73.9 cm³/mol. The summed E-state index contributed by atoms with van der Waals surface area (Å²) < 4.78 is 5.71. The molecule has 0 unspecified atom stereocenters. The number of benzene rings is 1. The van der Waals surface area contributed by atoms with Crippen molar-refractivity contribution in [2.45, 2.75) is 40.0 Å². The summed E-state index contributed by atoms with van der Waals surface area (Å²) in [6.07, 6.45) is 2.61. The lowest BCUT2D eigenvalue weighted by Gasteiger charge is -2.12. The summed E-state index contributed by atoms with van der Waals surface area (Å²) >= 11 is 0. The summed E-state index contributed by atoms with van der Waals surface area (Å²) in [5, 5.41) is 2.86. The van der Waals surface area contributed by atoms with Crippen LogP contribution in [-0.2, 0) is 4.79 Å². The van der Waals surface area contributed by atoms with E-state index >= 15 is 0 Å². The van der Waals surface area contributed by atoms with Gasteiger partial charge in [0.25, 0.3) is 0 Å². The molecule has 0 bridgehead atoms. The summed E-state index contributed by atoms with van der Waals surface area (Å²) in [5.41, 5.74) is 2.26. The Kier molecular flexibility index (Phi) is 6.26. The van der Waals surface area contributed by atoms with Crippen molar-refractivity contribution in [1.82, 2.24) is 5.32 Å². The molecule has 3 nitrogen and oxygen atoms in total. The van der Waals surface area contributed by atoms with Crippen LogP contribution < -0.4 is 10.1 Å². The maximum atomic E-state index is 11.4. The molecule has 0 aromatic heterocycles. The van der Waals surface area contributed by atoms with Crippen molar-refractivity contribution in [3.05, 3.63) is 29.3 Å². The molecule has 0 spiro atoms. The lowest BCUT2D eigenvalue weighted by molar-refractivity contribution is -0.121. The number of nitrogens with one attached hydrogen (secondary N) is 1. The Labute approximate surface area is 110 Å². The molecule has 100 valence electrons. The van der Waals surface area contributed by atoms with Crippen molar-refractivity contribution in [2.75, 3.05) is 13.2 Å². The minimum absolute atomic E-state index is 0.113. The second kappa shape index (κ2) is 7.75. The van der Waals surface area contributed by atoms with Gasteiger partial charge in [0.05, 0.1) is 6.54 Å². The van der Waals surface area contributed by atoms with Crippen molar-refractivity contribution in [3.63, 3.8) is 0 Å². The standard InChI is InChI=1S/C15H23NO2/c1-4-5-9-14(17)16-10-11-18-15-12(2)7-6-8-13(15)3/h6-8H,4-5,9-11H2,1-3H3,(H,16,17). The molecule has 18 heavy (non-hydrogen) atoms. The van der Waals surface area contributed by atoms with Crippen molar-refractivity contribution in [3.8, 4) is 5.75 Å². The molecule has 0 radical (unpaired) electrons. The largest absolute Gasteiger partial charge is 0.491 e. The Balaban J connectivity index is 2.28. The molecule has 0 aliphatic rings. The molecule has 0 heterocycles. The summed E-state index contributed by atoms with van der Waals surface area (Å²) in [4.78, 5) is 11.4. The van der Waals surface area contributed by atoms with Gasteiger partial charge in [-0.05, 0) is 31.4 Å². The van der Waals surface area contributed by atoms with Crippen LogP contribution >= 0.6 is 0 Å². The summed E-state index contributed by atoms with van der Waals surface area (Å²) in [7, 11) is 0. The van der Waals surface area contributed by atoms with Crippen LogP contribution in [0.15, 0.2) is 18.2 Å². The maximum absolute atomic E-state index is 11.4. The van der Waals surface area contributed by atoms with E-state index in [9.17, 15) is 4.79 Å². The molecular formula is C15H23NO2. The van der Waals surface area contributed by atoms with Gasteiger partial charge in [0.15, 0.2) is 0 Å². The van der Waals surface area contributed by atoms with E-state index in [1.54, 1.807) is 0 Å².